The minimum Gasteiger partial charge on any atom is -0.330 e. The number of nitrogens with zero attached hydrogens (tertiary/aromatic N) is 3. The van der Waals surface area contributed by atoms with E-state index in [1.165, 1.54) is 0 Å². The highest BCUT2D eigenvalue weighted by molar-refractivity contribution is 7.98. The van der Waals surface area contributed by atoms with Gasteiger partial charge in [0.15, 0.2) is 10.3 Å². The maximum atomic E-state index is 6.05. The number of hydrogen-bond donors (Lipinski definition) is 1. The van der Waals surface area contributed by atoms with Gasteiger partial charge in [0, 0.05) is 18.8 Å². The van der Waals surface area contributed by atoms with Gasteiger partial charge in [0.1, 0.15) is 5.52 Å². The number of fused-ring (bicyclic) bond motifs is 1. The highest BCUT2D eigenvalue weighted by Crippen LogP contribution is 2.24. The molecule has 0 bridgehead atoms. The molecule has 2 aromatic heterocycles. The van der Waals surface area contributed by atoms with Crippen LogP contribution in [0.1, 0.15) is 5.69 Å². The van der Waals surface area contributed by atoms with Gasteiger partial charge in [-0.05, 0) is 12.8 Å². The van der Waals surface area contributed by atoms with Gasteiger partial charge in [0.05, 0.1) is 5.69 Å². The molecule has 0 atom stereocenters. The predicted octanol–water partition coefficient (Wildman–Crippen LogP) is 1.61. The zero-order chi connectivity index (χ0) is 10.8. The Balaban J connectivity index is 2.70. The van der Waals surface area contributed by atoms with Crippen molar-refractivity contribution in [1.29, 1.82) is 0 Å². The monoisotopic (exact) mass is 242 g/mol. The second kappa shape index (κ2) is 4.38. The van der Waals surface area contributed by atoms with E-state index >= 15 is 0 Å². The smallest absolute Gasteiger partial charge is 0.172 e. The first-order valence-electron chi connectivity index (χ1n) is 4.53. The van der Waals surface area contributed by atoms with Crippen LogP contribution in [0.15, 0.2) is 17.6 Å². The molecule has 4 nitrogen and oxygen atoms in total. The molecule has 0 saturated carbocycles. The van der Waals surface area contributed by atoms with Crippen LogP contribution in [0.3, 0.4) is 0 Å². The van der Waals surface area contributed by atoms with Crippen LogP contribution < -0.4 is 5.73 Å². The molecular formula is C9H11ClN4S. The number of halogens is 1. The van der Waals surface area contributed by atoms with E-state index in [4.69, 9.17) is 17.3 Å². The number of rotatable bonds is 3. The average molecular weight is 243 g/mol. The summed E-state index contributed by atoms with van der Waals surface area (Å²) < 4.78 is 1.95. The van der Waals surface area contributed by atoms with Crippen LogP contribution in [0.2, 0.25) is 5.15 Å². The zero-order valence-electron chi connectivity index (χ0n) is 8.27. The van der Waals surface area contributed by atoms with Crippen molar-refractivity contribution in [3.05, 3.63) is 23.2 Å². The summed E-state index contributed by atoms with van der Waals surface area (Å²) >= 11 is 7.62. The van der Waals surface area contributed by atoms with Crippen molar-refractivity contribution < 1.29 is 0 Å². The maximum absolute atomic E-state index is 6.05. The minimum atomic E-state index is 0.480. The Morgan fingerprint density at radius 3 is 3.07 bits per heavy atom. The fourth-order valence-corrected chi connectivity index (χ4v) is 2.30. The van der Waals surface area contributed by atoms with Crippen molar-refractivity contribution in [2.75, 3.05) is 12.8 Å². The van der Waals surface area contributed by atoms with E-state index in [-0.39, 0.29) is 0 Å². The molecule has 2 heterocycles. The Morgan fingerprint density at radius 2 is 2.40 bits per heavy atom. The SMILES string of the molecule is CSc1nc(CCN)c2c(Cl)nccn12. The molecule has 15 heavy (non-hydrogen) atoms. The van der Waals surface area contributed by atoms with Crippen LogP contribution in [0.25, 0.3) is 5.52 Å². The van der Waals surface area contributed by atoms with Crippen LogP contribution >= 0.6 is 23.4 Å². The van der Waals surface area contributed by atoms with E-state index in [1.54, 1.807) is 18.0 Å². The molecule has 0 aromatic carbocycles. The number of imidazole rings is 1. The Bertz CT molecular complexity index is 482. The minimum absolute atomic E-state index is 0.480. The summed E-state index contributed by atoms with van der Waals surface area (Å²) in [5, 5.41) is 1.39. The topological polar surface area (TPSA) is 56.2 Å². The lowest BCUT2D eigenvalue weighted by atomic mass is 10.3. The fourth-order valence-electron chi connectivity index (χ4n) is 1.50. The lowest BCUT2D eigenvalue weighted by molar-refractivity contribution is 0.904. The highest BCUT2D eigenvalue weighted by Gasteiger charge is 2.12. The summed E-state index contributed by atoms with van der Waals surface area (Å²) in [6, 6.07) is 0. The summed E-state index contributed by atoms with van der Waals surface area (Å²) in [7, 11) is 0. The quantitative estimate of drug-likeness (QED) is 0.831. The molecule has 80 valence electrons. The first-order chi connectivity index (χ1) is 7.27. The van der Waals surface area contributed by atoms with Gasteiger partial charge in [-0.3, -0.25) is 4.40 Å². The summed E-state index contributed by atoms with van der Waals surface area (Å²) in [4.78, 5) is 8.53. The van der Waals surface area contributed by atoms with Crippen molar-refractivity contribution in [3.8, 4) is 0 Å². The molecule has 2 N–H and O–H groups in total. The van der Waals surface area contributed by atoms with Crippen molar-refractivity contribution in [2.45, 2.75) is 11.6 Å². The fraction of sp³-hybridized carbons (Fsp3) is 0.333. The van der Waals surface area contributed by atoms with Crippen molar-refractivity contribution in [3.63, 3.8) is 0 Å². The van der Waals surface area contributed by atoms with Gasteiger partial charge in [-0.1, -0.05) is 23.4 Å². The third kappa shape index (κ3) is 1.82. The summed E-state index contributed by atoms with van der Waals surface area (Å²) in [5.74, 6) is 0. The Labute approximate surface area is 96.8 Å². The molecule has 0 spiro atoms. The lowest BCUT2D eigenvalue weighted by Crippen LogP contribution is -2.03. The molecule has 0 aliphatic carbocycles. The van der Waals surface area contributed by atoms with Gasteiger partial charge in [-0.2, -0.15) is 0 Å². The second-order valence-corrected chi connectivity index (χ2v) is 4.15. The first-order valence-corrected chi connectivity index (χ1v) is 6.13. The van der Waals surface area contributed by atoms with Crippen molar-refractivity contribution >= 4 is 28.9 Å². The molecule has 0 aliphatic rings. The molecule has 0 saturated heterocycles. The molecule has 0 amide bonds. The van der Waals surface area contributed by atoms with E-state index in [0.717, 1.165) is 22.8 Å². The standard InChI is InChI=1S/C9H11ClN4S/c1-15-9-13-6(2-3-11)7-8(10)12-4-5-14(7)9/h4-5H,2-3,11H2,1H3. The second-order valence-electron chi connectivity index (χ2n) is 3.02. The van der Waals surface area contributed by atoms with Gasteiger partial charge in [-0.15, -0.1) is 0 Å². The van der Waals surface area contributed by atoms with Crippen LogP contribution in [-0.4, -0.2) is 27.2 Å². The predicted molar refractivity (Wildman–Crippen MR) is 62.5 cm³/mol. The molecule has 0 radical (unpaired) electrons. The summed E-state index contributed by atoms with van der Waals surface area (Å²) in [6.45, 7) is 0.561. The molecule has 0 fully saturated rings. The third-order valence-electron chi connectivity index (χ3n) is 2.11. The van der Waals surface area contributed by atoms with Crippen LogP contribution in [0.5, 0.6) is 0 Å². The molecular weight excluding hydrogens is 232 g/mol. The molecule has 0 aliphatic heterocycles. The largest absolute Gasteiger partial charge is 0.330 e. The van der Waals surface area contributed by atoms with Crippen molar-refractivity contribution in [2.24, 2.45) is 5.73 Å². The number of aromatic nitrogens is 3. The molecule has 0 unspecified atom stereocenters. The Hall–Kier alpha value is -0.780. The van der Waals surface area contributed by atoms with Crippen LogP contribution in [-0.2, 0) is 6.42 Å². The van der Waals surface area contributed by atoms with Gasteiger partial charge >= 0.3 is 0 Å². The van der Waals surface area contributed by atoms with E-state index in [0.29, 0.717) is 11.7 Å². The number of thioether (sulfide) groups is 1. The maximum Gasteiger partial charge on any atom is 0.172 e. The Kier molecular flexibility index (Phi) is 3.14. The number of hydrogen-bond acceptors (Lipinski definition) is 4. The zero-order valence-corrected chi connectivity index (χ0v) is 9.85. The van der Waals surface area contributed by atoms with Crippen LogP contribution in [0, 0.1) is 0 Å². The first kappa shape index (κ1) is 10.7. The van der Waals surface area contributed by atoms with Crippen molar-refractivity contribution in [1.82, 2.24) is 14.4 Å². The van der Waals surface area contributed by atoms with Gasteiger partial charge in [-0.25, -0.2) is 9.97 Å². The Morgan fingerprint density at radius 1 is 1.60 bits per heavy atom. The normalized spacial score (nSPS) is 11.1. The average Bonchev–Trinajstić information content (AvgIpc) is 2.59. The lowest BCUT2D eigenvalue weighted by Gasteiger charge is -1.98. The summed E-state index contributed by atoms with van der Waals surface area (Å²) in [5.41, 5.74) is 7.32. The van der Waals surface area contributed by atoms with Gasteiger partial charge in [0.25, 0.3) is 0 Å². The third-order valence-corrected chi connectivity index (χ3v) is 3.04. The summed E-state index contributed by atoms with van der Waals surface area (Å²) in [6.07, 6.45) is 6.23. The molecule has 2 aromatic rings. The van der Waals surface area contributed by atoms with E-state index in [1.807, 2.05) is 16.9 Å². The van der Waals surface area contributed by atoms with E-state index in [9.17, 15) is 0 Å². The highest BCUT2D eigenvalue weighted by atomic mass is 35.5. The van der Waals surface area contributed by atoms with Crippen LogP contribution in [0.4, 0.5) is 0 Å². The van der Waals surface area contributed by atoms with Gasteiger partial charge in [0.2, 0.25) is 0 Å². The van der Waals surface area contributed by atoms with E-state index < -0.39 is 0 Å². The van der Waals surface area contributed by atoms with Gasteiger partial charge < -0.3 is 5.73 Å². The number of nitrogens with two attached hydrogens (primary N) is 1. The van der Waals surface area contributed by atoms with E-state index in [2.05, 4.69) is 9.97 Å². The molecule has 6 heteroatoms. The molecule has 2 rings (SSSR count).